The molecule has 2 aromatic rings. The number of amides is 2. The summed E-state index contributed by atoms with van der Waals surface area (Å²) in [6, 6.07) is 15.3. The number of non-ortho nitro benzene ring substituents is 1. The van der Waals surface area contributed by atoms with E-state index in [-0.39, 0.29) is 17.5 Å². The van der Waals surface area contributed by atoms with Gasteiger partial charge in [-0.3, -0.25) is 24.7 Å². The summed E-state index contributed by atoms with van der Waals surface area (Å²) >= 11 is 0. The van der Waals surface area contributed by atoms with Crippen molar-refractivity contribution in [1.29, 1.82) is 0 Å². The molecule has 2 heterocycles. The second-order valence-corrected chi connectivity index (χ2v) is 9.41. The molecule has 2 aliphatic heterocycles. The molecule has 1 saturated carbocycles. The monoisotopic (exact) mass is 489 g/mol. The van der Waals surface area contributed by atoms with Crippen LogP contribution in [0.3, 0.4) is 0 Å². The molecule has 1 aliphatic carbocycles. The van der Waals surface area contributed by atoms with Crippen molar-refractivity contribution in [3.63, 3.8) is 0 Å². The van der Waals surface area contributed by atoms with E-state index in [2.05, 4.69) is 10.1 Å². The highest BCUT2D eigenvalue weighted by Crippen LogP contribution is 2.31. The van der Waals surface area contributed by atoms with Crippen LogP contribution in [-0.2, 0) is 9.59 Å². The summed E-state index contributed by atoms with van der Waals surface area (Å²) < 4.78 is 0. The van der Waals surface area contributed by atoms with Crippen LogP contribution in [0.15, 0.2) is 64.7 Å². The van der Waals surface area contributed by atoms with Crippen molar-refractivity contribution in [2.24, 2.45) is 21.9 Å². The number of nitro groups is 1. The number of anilines is 1. The first-order chi connectivity index (χ1) is 17.5. The third kappa shape index (κ3) is 5.18. The maximum absolute atomic E-state index is 13.3. The first-order valence-corrected chi connectivity index (χ1v) is 12.4. The topological polar surface area (TPSA) is 113 Å². The predicted molar refractivity (Wildman–Crippen MR) is 135 cm³/mol. The molecule has 3 aliphatic rings. The fourth-order valence-corrected chi connectivity index (χ4v) is 4.63. The van der Waals surface area contributed by atoms with Gasteiger partial charge in [-0.05, 0) is 30.5 Å². The number of nitrogens with one attached hydrogen (secondary N) is 1. The lowest BCUT2D eigenvalue weighted by atomic mass is 9.98. The van der Waals surface area contributed by atoms with Crippen molar-refractivity contribution in [2.75, 3.05) is 44.3 Å². The van der Waals surface area contributed by atoms with Crippen molar-refractivity contribution in [3.8, 4) is 0 Å². The molecule has 1 atom stereocenters. The molecular formula is C26H29N6O4+. The SMILES string of the molecule is O=C(C1CC1)N1CC[NH+](CCN=C[C@@H]2C(=O)N(c3ccc([N+](=O)[O-])cc3)N=C2c2ccccc2)CC1. The Bertz CT molecular complexity index is 1180. The highest BCUT2D eigenvalue weighted by Gasteiger charge is 2.37. The molecule has 0 bridgehead atoms. The highest BCUT2D eigenvalue weighted by atomic mass is 16.6. The van der Waals surface area contributed by atoms with E-state index in [9.17, 15) is 19.7 Å². The Morgan fingerprint density at radius 1 is 1.11 bits per heavy atom. The lowest BCUT2D eigenvalue weighted by Gasteiger charge is -2.32. The Kier molecular flexibility index (Phi) is 6.86. The normalized spacial score (nSPS) is 20.7. The largest absolute Gasteiger partial charge is 0.331 e. The van der Waals surface area contributed by atoms with Crippen LogP contribution in [0.1, 0.15) is 18.4 Å². The predicted octanol–water partition coefficient (Wildman–Crippen LogP) is 1.17. The smallest absolute Gasteiger partial charge is 0.269 e. The van der Waals surface area contributed by atoms with Crippen molar-refractivity contribution in [3.05, 3.63) is 70.3 Å². The summed E-state index contributed by atoms with van der Waals surface area (Å²) in [4.78, 5) is 44.1. The molecule has 0 radical (unpaired) electrons. The van der Waals surface area contributed by atoms with Gasteiger partial charge in [0, 0.05) is 24.3 Å². The van der Waals surface area contributed by atoms with Crippen molar-refractivity contribution in [1.82, 2.24) is 4.90 Å². The van der Waals surface area contributed by atoms with Gasteiger partial charge in [-0.15, -0.1) is 0 Å². The third-order valence-corrected chi connectivity index (χ3v) is 6.91. The van der Waals surface area contributed by atoms with Crippen molar-refractivity contribution >= 4 is 35.1 Å². The Hall–Kier alpha value is -3.92. The molecule has 0 aromatic heterocycles. The third-order valence-electron chi connectivity index (χ3n) is 6.91. The zero-order chi connectivity index (χ0) is 25.1. The Balaban J connectivity index is 1.23. The first-order valence-electron chi connectivity index (χ1n) is 12.4. The van der Waals surface area contributed by atoms with Gasteiger partial charge in [0.1, 0.15) is 5.92 Å². The maximum atomic E-state index is 13.3. The number of hydrogen-bond donors (Lipinski definition) is 1. The fraction of sp³-hybridized carbons (Fsp3) is 0.385. The molecular weight excluding hydrogens is 460 g/mol. The van der Waals surface area contributed by atoms with Crippen LogP contribution in [0, 0.1) is 22.0 Å². The molecule has 0 unspecified atom stereocenters. The van der Waals surface area contributed by atoms with E-state index in [1.807, 2.05) is 35.2 Å². The Morgan fingerprint density at radius 3 is 2.44 bits per heavy atom. The van der Waals surface area contributed by atoms with Gasteiger partial charge >= 0.3 is 0 Å². The standard InChI is InChI=1S/C26H28N6O4/c33-25(20-6-7-20)30-16-14-29(15-17-30)13-12-27-18-23-24(19-4-2-1-3-5-19)28-31(26(23)34)21-8-10-22(11-9-21)32(35)36/h1-5,8-11,18,20,23H,6-7,12-17H2/p+1/t23-/m0/s1. The second-order valence-electron chi connectivity index (χ2n) is 9.41. The van der Waals surface area contributed by atoms with Gasteiger partial charge in [0.25, 0.3) is 11.6 Å². The number of aliphatic imine (C=N–C) groups is 1. The van der Waals surface area contributed by atoms with Crippen LogP contribution in [0.4, 0.5) is 11.4 Å². The Labute approximate surface area is 209 Å². The molecule has 2 aromatic carbocycles. The highest BCUT2D eigenvalue weighted by molar-refractivity contribution is 6.29. The van der Waals surface area contributed by atoms with Crippen molar-refractivity contribution in [2.45, 2.75) is 12.8 Å². The number of benzene rings is 2. The minimum absolute atomic E-state index is 0.0454. The molecule has 1 N–H and O–H groups in total. The van der Waals surface area contributed by atoms with E-state index in [1.165, 1.54) is 34.2 Å². The van der Waals surface area contributed by atoms with Gasteiger partial charge in [0.2, 0.25) is 5.91 Å². The number of quaternary nitrogens is 1. The van der Waals surface area contributed by atoms with E-state index in [0.717, 1.165) is 51.1 Å². The fourth-order valence-electron chi connectivity index (χ4n) is 4.63. The summed E-state index contributed by atoms with van der Waals surface area (Å²) in [5, 5.41) is 16.9. The van der Waals surface area contributed by atoms with Crippen LogP contribution in [0.2, 0.25) is 0 Å². The second kappa shape index (κ2) is 10.4. The van der Waals surface area contributed by atoms with Crippen LogP contribution in [0.5, 0.6) is 0 Å². The van der Waals surface area contributed by atoms with E-state index in [0.29, 0.717) is 23.9 Å². The number of hydrogen-bond acceptors (Lipinski definition) is 6. The zero-order valence-corrected chi connectivity index (χ0v) is 20.0. The summed E-state index contributed by atoms with van der Waals surface area (Å²) in [6.45, 7) is 4.85. The molecule has 0 spiro atoms. The van der Waals surface area contributed by atoms with Gasteiger partial charge < -0.3 is 9.80 Å². The van der Waals surface area contributed by atoms with Crippen LogP contribution >= 0.6 is 0 Å². The number of hydrazone groups is 1. The number of rotatable bonds is 8. The summed E-state index contributed by atoms with van der Waals surface area (Å²) in [5.41, 5.74) is 1.85. The van der Waals surface area contributed by atoms with E-state index in [1.54, 1.807) is 6.21 Å². The summed E-state index contributed by atoms with van der Waals surface area (Å²) in [6.07, 6.45) is 3.75. The molecule has 186 valence electrons. The quantitative estimate of drug-likeness (QED) is 0.341. The Morgan fingerprint density at radius 2 is 1.81 bits per heavy atom. The van der Waals surface area contributed by atoms with Gasteiger partial charge in [-0.2, -0.15) is 10.1 Å². The van der Waals surface area contributed by atoms with Crippen molar-refractivity contribution < 1.29 is 19.4 Å². The number of nitro benzene ring substituents is 1. The lowest BCUT2D eigenvalue weighted by Crippen LogP contribution is -3.15. The molecule has 10 heteroatoms. The average Bonchev–Trinajstić information content (AvgIpc) is 3.71. The molecule has 2 amide bonds. The number of carbonyl (C=O) groups is 2. The van der Waals surface area contributed by atoms with E-state index in [4.69, 9.17) is 0 Å². The molecule has 1 saturated heterocycles. The molecule has 2 fully saturated rings. The molecule has 36 heavy (non-hydrogen) atoms. The minimum atomic E-state index is -0.634. The van der Waals surface area contributed by atoms with Crippen LogP contribution in [0.25, 0.3) is 0 Å². The summed E-state index contributed by atoms with van der Waals surface area (Å²) in [5.74, 6) is -0.292. The van der Waals surface area contributed by atoms with Crippen LogP contribution in [-0.4, -0.2) is 72.8 Å². The van der Waals surface area contributed by atoms with Gasteiger partial charge in [0.15, 0.2) is 0 Å². The van der Waals surface area contributed by atoms with E-state index >= 15 is 0 Å². The van der Waals surface area contributed by atoms with E-state index < -0.39 is 10.8 Å². The first kappa shape index (κ1) is 23.8. The minimum Gasteiger partial charge on any atom is -0.331 e. The molecule has 5 rings (SSSR count). The molecule has 10 nitrogen and oxygen atoms in total. The lowest BCUT2D eigenvalue weighted by molar-refractivity contribution is -0.902. The van der Waals surface area contributed by atoms with Gasteiger partial charge in [-0.25, -0.2) is 0 Å². The van der Waals surface area contributed by atoms with Gasteiger partial charge in [-0.1, -0.05) is 30.3 Å². The maximum Gasteiger partial charge on any atom is 0.269 e. The number of nitrogens with zero attached hydrogens (tertiary/aromatic N) is 5. The zero-order valence-electron chi connectivity index (χ0n) is 20.0. The number of piperazine rings is 1. The van der Waals surface area contributed by atoms with Crippen LogP contribution < -0.4 is 9.91 Å². The summed E-state index contributed by atoms with van der Waals surface area (Å²) in [7, 11) is 0. The number of carbonyl (C=O) groups excluding carboxylic acids is 2. The average molecular weight is 490 g/mol. The van der Waals surface area contributed by atoms with Gasteiger partial charge in [0.05, 0.1) is 55.6 Å².